The Bertz CT molecular complexity index is 394. The lowest BCUT2D eigenvalue weighted by atomic mass is 9.89. The Kier molecular flexibility index (Phi) is 7.08. The fourth-order valence-electron chi connectivity index (χ4n) is 2.74. The van der Waals surface area contributed by atoms with Crippen LogP contribution in [0.2, 0.25) is 0 Å². The van der Waals surface area contributed by atoms with Crippen LogP contribution in [-0.2, 0) is 0 Å². The molecule has 1 aromatic carbocycles. The lowest BCUT2D eigenvalue weighted by Crippen LogP contribution is -2.45. The number of methoxy groups -OCH3 is 1. The van der Waals surface area contributed by atoms with Crippen LogP contribution in [0.5, 0.6) is 5.75 Å². The second-order valence-electron chi connectivity index (χ2n) is 5.61. The van der Waals surface area contributed by atoms with Gasteiger partial charge in [-0.05, 0) is 36.1 Å². The maximum atomic E-state index is 5.53. The molecule has 0 radical (unpaired) electrons. The van der Waals surface area contributed by atoms with Gasteiger partial charge in [0, 0.05) is 19.0 Å². The van der Waals surface area contributed by atoms with Crippen LogP contribution >= 0.6 is 0 Å². The number of hydrogen-bond donors (Lipinski definition) is 0. The molecular weight excluding hydrogens is 246 g/mol. The van der Waals surface area contributed by atoms with Crippen molar-refractivity contribution in [2.45, 2.75) is 52.9 Å². The minimum atomic E-state index is 0.520. The van der Waals surface area contributed by atoms with Crippen LogP contribution in [0.15, 0.2) is 18.2 Å². The van der Waals surface area contributed by atoms with Gasteiger partial charge < -0.3 is 9.64 Å². The summed E-state index contributed by atoms with van der Waals surface area (Å²) in [6, 6.07) is 6.76. The molecule has 1 fully saturated rings. The molecule has 2 heteroatoms. The van der Waals surface area contributed by atoms with Gasteiger partial charge in [0.05, 0.1) is 7.11 Å². The molecule has 0 saturated carbocycles. The highest BCUT2D eigenvalue weighted by Gasteiger charge is 2.27. The zero-order valence-electron chi connectivity index (χ0n) is 14.1. The first-order valence-corrected chi connectivity index (χ1v) is 8.05. The summed E-state index contributed by atoms with van der Waals surface area (Å²) in [6.07, 6.45) is 1.25. The summed E-state index contributed by atoms with van der Waals surface area (Å²) in [5.74, 6) is 2.27. The normalized spacial score (nSPS) is 15.6. The average Bonchev–Trinajstić information content (AvgIpc) is 2.43. The molecule has 114 valence electrons. The van der Waals surface area contributed by atoms with Gasteiger partial charge in [-0.25, -0.2) is 0 Å². The third-order valence-electron chi connectivity index (χ3n) is 3.85. The van der Waals surface area contributed by atoms with Crippen molar-refractivity contribution in [1.82, 2.24) is 4.90 Å². The Balaban J connectivity index is 0.000000956. The van der Waals surface area contributed by atoms with Gasteiger partial charge in [-0.15, -0.1) is 0 Å². The first kappa shape index (κ1) is 17.0. The van der Waals surface area contributed by atoms with Crippen LogP contribution in [0.25, 0.3) is 0 Å². The lowest BCUT2D eigenvalue weighted by Gasteiger charge is -2.39. The molecule has 1 aliphatic heterocycles. The lowest BCUT2D eigenvalue weighted by molar-refractivity contribution is 0.148. The van der Waals surface area contributed by atoms with Gasteiger partial charge in [0.25, 0.3) is 0 Å². The highest BCUT2D eigenvalue weighted by atomic mass is 16.5. The fourth-order valence-corrected chi connectivity index (χ4v) is 2.74. The highest BCUT2D eigenvalue weighted by Crippen LogP contribution is 2.33. The van der Waals surface area contributed by atoms with Crippen molar-refractivity contribution in [3.05, 3.63) is 29.3 Å². The van der Waals surface area contributed by atoms with E-state index in [1.807, 2.05) is 13.8 Å². The summed E-state index contributed by atoms with van der Waals surface area (Å²) in [6.45, 7) is 14.3. The molecule has 0 N–H and O–H groups in total. The van der Waals surface area contributed by atoms with E-state index < -0.39 is 0 Å². The topological polar surface area (TPSA) is 12.5 Å². The van der Waals surface area contributed by atoms with E-state index in [1.54, 1.807) is 7.11 Å². The third-order valence-corrected chi connectivity index (χ3v) is 3.85. The molecule has 0 aliphatic carbocycles. The number of rotatable bonds is 5. The molecule has 0 atom stereocenters. The molecule has 0 bridgehead atoms. The summed E-state index contributed by atoms with van der Waals surface area (Å²) in [5.41, 5.74) is 2.74. The number of hydrogen-bond acceptors (Lipinski definition) is 2. The van der Waals surface area contributed by atoms with Gasteiger partial charge in [0.1, 0.15) is 5.75 Å². The fraction of sp³-hybridized carbons (Fsp3) is 0.667. The SMILES string of the molecule is CC.CCCN1CC(c2ccc(C(C)C)c(OC)c2)C1. The minimum absolute atomic E-state index is 0.520. The molecule has 1 aromatic rings. The number of benzene rings is 1. The minimum Gasteiger partial charge on any atom is -0.496 e. The molecule has 20 heavy (non-hydrogen) atoms. The highest BCUT2D eigenvalue weighted by molar-refractivity contribution is 5.41. The van der Waals surface area contributed by atoms with Crippen LogP contribution < -0.4 is 4.74 Å². The number of ether oxygens (including phenoxy) is 1. The smallest absolute Gasteiger partial charge is 0.122 e. The summed E-state index contributed by atoms with van der Waals surface area (Å²) >= 11 is 0. The van der Waals surface area contributed by atoms with Gasteiger partial charge >= 0.3 is 0 Å². The summed E-state index contributed by atoms with van der Waals surface area (Å²) in [4.78, 5) is 2.52. The van der Waals surface area contributed by atoms with Crippen molar-refractivity contribution >= 4 is 0 Å². The van der Waals surface area contributed by atoms with Crippen molar-refractivity contribution in [2.24, 2.45) is 0 Å². The van der Waals surface area contributed by atoms with E-state index >= 15 is 0 Å². The van der Waals surface area contributed by atoms with Crippen molar-refractivity contribution in [3.8, 4) is 5.75 Å². The van der Waals surface area contributed by atoms with Crippen LogP contribution in [0, 0.1) is 0 Å². The van der Waals surface area contributed by atoms with Crippen molar-refractivity contribution in [1.29, 1.82) is 0 Å². The number of likely N-dealkylation sites (tertiary alicyclic amines) is 1. The molecule has 0 amide bonds. The van der Waals surface area contributed by atoms with Gasteiger partial charge in [0.15, 0.2) is 0 Å². The third kappa shape index (κ3) is 3.99. The Morgan fingerprint density at radius 2 is 1.90 bits per heavy atom. The standard InChI is InChI=1S/C16H25NO.C2H6/c1-5-8-17-10-14(11-17)13-6-7-15(12(2)3)16(9-13)18-4;1-2/h6-7,9,12,14H,5,8,10-11H2,1-4H3;1-2H3. The van der Waals surface area contributed by atoms with Gasteiger partial charge in [-0.1, -0.05) is 46.8 Å². The second kappa shape index (κ2) is 8.31. The Hall–Kier alpha value is -1.02. The molecule has 2 rings (SSSR count). The predicted octanol–water partition coefficient (Wildman–Crippen LogP) is 4.65. The molecule has 0 aromatic heterocycles. The first-order chi connectivity index (χ1) is 9.65. The van der Waals surface area contributed by atoms with E-state index in [1.165, 1.54) is 37.2 Å². The summed E-state index contributed by atoms with van der Waals surface area (Å²) < 4.78 is 5.53. The van der Waals surface area contributed by atoms with Crippen molar-refractivity contribution in [2.75, 3.05) is 26.7 Å². The summed E-state index contributed by atoms with van der Waals surface area (Å²) in [5, 5.41) is 0. The molecule has 0 unspecified atom stereocenters. The Labute approximate surface area is 125 Å². The van der Waals surface area contributed by atoms with E-state index in [0.717, 1.165) is 5.75 Å². The maximum Gasteiger partial charge on any atom is 0.122 e. The number of nitrogens with zero attached hydrogens (tertiary/aromatic N) is 1. The van der Waals surface area contributed by atoms with E-state index in [-0.39, 0.29) is 0 Å². The molecule has 1 aliphatic rings. The monoisotopic (exact) mass is 277 g/mol. The molecular formula is C18H31NO. The van der Waals surface area contributed by atoms with Gasteiger partial charge in [-0.2, -0.15) is 0 Å². The van der Waals surface area contributed by atoms with E-state index in [4.69, 9.17) is 4.74 Å². The van der Waals surface area contributed by atoms with Gasteiger partial charge in [-0.3, -0.25) is 0 Å². The molecule has 1 saturated heterocycles. The van der Waals surface area contributed by atoms with Crippen LogP contribution in [0.4, 0.5) is 0 Å². The van der Waals surface area contributed by atoms with Crippen LogP contribution in [0.3, 0.4) is 0 Å². The van der Waals surface area contributed by atoms with Crippen LogP contribution in [-0.4, -0.2) is 31.6 Å². The quantitative estimate of drug-likeness (QED) is 0.776. The molecule has 1 heterocycles. The molecule has 0 spiro atoms. The summed E-state index contributed by atoms with van der Waals surface area (Å²) in [7, 11) is 1.77. The van der Waals surface area contributed by atoms with E-state index in [9.17, 15) is 0 Å². The Morgan fingerprint density at radius 1 is 1.25 bits per heavy atom. The second-order valence-corrected chi connectivity index (χ2v) is 5.61. The largest absolute Gasteiger partial charge is 0.496 e. The maximum absolute atomic E-state index is 5.53. The Morgan fingerprint density at radius 3 is 2.40 bits per heavy atom. The van der Waals surface area contributed by atoms with Gasteiger partial charge in [0.2, 0.25) is 0 Å². The molecule has 2 nitrogen and oxygen atoms in total. The first-order valence-electron chi connectivity index (χ1n) is 8.05. The van der Waals surface area contributed by atoms with Crippen molar-refractivity contribution in [3.63, 3.8) is 0 Å². The predicted molar refractivity (Wildman–Crippen MR) is 87.9 cm³/mol. The van der Waals surface area contributed by atoms with E-state index in [0.29, 0.717) is 11.8 Å². The zero-order chi connectivity index (χ0) is 15.1. The average molecular weight is 277 g/mol. The van der Waals surface area contributed by atoms with Crippen molar-refractivity contribution < 1.29 is 4.74 Å². The zero-order valence-corrected chi connectivity index (χ0v) is 14.1. The van der Waals surface area contributed by atoms with Crippen LogP contribution in [0.1, 0.15) is 64.0 Å². The van der Waals surface area contributed by atoms with E-state index in [2.05, 4.69) is 43.9 Å².